The van der Waals surface area contributed by atoms with Crippen molar-refractivity contribution in [2.45, 2.75) is 44.8 Å². The Morgan fingerprint density at radius 1 is 1.50 bits per heavy atom. The van der Waals surface area contributed by atoms with E-state index in [0.29, 0.717) is 12.3 Å². The van der Waals surface area contributed by atoms with Crippen LogP contribution in [0.5, 0.6) is 0 Å². The van der Waals surface area contributed by atoms with Crippen LogP contribution in [-0.2, 0) is 0 Å². The molecule has 0 heterocycles. The smallest absolute Gasteiger partial charge is 0.0827 e. The number of aliphatic hydroxyl groups is 2. The van der Waals surface area contributed by atoms with Gasteiger partial charge in [-0.2, -0.15) is 0 Å². The predicted octanol–water partition coefficient (Wildman–Crippen LogP) is 1.47. The number of rotatable bonds is 5. The van der Waals surface area contributed by atoms with Crippen molar-refractivity contribution in [2.75, 3.05) is 0 Å². The second-order valence-corrected chi connectivity index (χ2v) is 3.89. The van der Waals surface area contributed by atoms with E-state index in [-0.39, 0.29) is 0 Å². The Balaban J connectivity index is 2.17. The highest BCUT2D eigenvalue weighted by Gasteiger charge is 2.33. The zero-order valence-electron chi connectivity index (χ0n) is 7.66. The van der Waals surface area contributed by atoms with Gasteiger partial charge in [0.25, 0.3) is 0 Å². The fourth-order valence-corrected chi connectivity index (χ4v) is 1.32. The van der Waals surface area contributed by atoms with E-state index in [9.17, 15) is 10.2 Å². The minimum atomic E-state index is -0.547. The van der Waals surface area contributed by atoms with Crippen molar-refractivity contribution in [2.24, 2.45) is 5.92 Å². The molecule has 2 unspecified atom stereocenters. The van der Waals surface area contributed by atoms with Gasteiger partial charge < -0.3 is 10.2 Å². The van der Waals surface area contributed by atoms with Crippen molar-refractivity contribution >= 4 is 0 Å². The summed E-state index contributed by atoms with van der Waals surface area (Å²) in [6.07, 6.45) is 2.56. The Bertz CT molecular complexity index is 161. The molecule has 0 aromatic heterocycles. The molecule has 1 rings (SSSR count). The number of aliphatic hydroxyl groups excluding tert-OH is 2. The largest absolute Gasteiger partial charge is 0.390 e. The average Bonchev–Trinajstić information content (AvgIpc) is 2.80. The van der Waals surface area contributed by atoms with Crippen LogP contribution in [0.15, 0.2) is 12.2 Å². The lowest BCUT2D eigenvalue weighted by Gasteiger charge is -2.16. The Morgan fingerprint density at radius 3 is 2.50 bits per heavy atom. The molecule has 1 aliphatic carbocycles. The van der Waals surface area contributed by atoms with Gasteiger partial charge in [0.2, 0.25) is 0 Å². The van der Waals surface area contributed by atoms with E-state index >= 15 is 0 Å². The lowest BCUT2D eigenvalue weighted by Crippen LogP contribution is -2.27. The Morgan fingerprint density at radius 2 is 2.08 bits per heavy atom. The summed E-state index contributed by atoms with van der Waals surface area (Å²) in [6.45, 7) is 5.69. The van der Waals surface area contributed by atoms with Gasteiger partial charge in [-0.25, -0.2) is 0 Å². The molecule has 1 fully saturated rings. The first-order valence-corrected chi connectivity index (χ1v) is 4.61. The minimum Gasteiger partial charge on any atom is -0.390 e. The molecule has 1 aliphatic rings. The van der Waals surface area contributed by atoms with E-state index in [1.807, 2.05) is 6.92 Å². The first-order valence-electron chi connectivity index (χ1n) is 4.61. The highest BCUT2D eigenvalue weighted by molar-refractivity contribution is 4.91. The van der Waals surface area contributed by atoms with E-state index in [1.54, 1.807) is 0 Å². The van der Waals surface area contributed by atoms with Gasteiger partial charge in [-0.3, -0.25) is 0 Å². The minimum absolute atomic E-state index is 0.366. The predicted molar refractivity (Wildman–Crippen MR) is 48.8 cm³/mol. The lowest BCUT2D eigenvalue weighted by atomic mass is 10.0. The van der Waals surface area contributed by atoms with Crippen molar-refractivity contribution in [3.05, 3.63) is 12.2 Å². The second-order valence-electron chi connectivity index (χ2n) is 3.89. The van der Waals surface area contributed by atoms with E-state index < -0.39 is 12.2 Å². The quantitative estimate of drug-likeness (QED) is 0.613. The topological polar surface area (TPSA) is 40.5 Å². The number of allylic oxidation sites excluding steroid dienone is 1. The van der Waals surface area contributed by atoms with Crippen molar-refractivity contribution < 1.29 is 10.2 Å². The molecule has 1 saturated carbocycles. The molecule has 0 spiro atoms. The molecule has 70 valence electrons. The van der Waals surface area contributed by atoms with Crippen molar-refractivity contribution in [1.82, 2.24) is 0 Å². The highest BCUT2D eigenvalue weighted by atomic mass is 16.3. The van der Waals surface area contributed by atoms with Crippen LogP contribution in [0.3, 0.4) is 0 Å². The second kappa shape index (κ2) is 4.06. The molecule has 12 heavy (non-hydrogen) atoms. The Kier molecular flexibility index (Phi) is 3.29. The molecule has 2 heteroatoms. The van der Waals surface area contributed by atoms with Gasteiger partial charge >= 0.3 is 0 Å². The van der Waals surface area contributed by atoms with Crippen LogP contribution < -0.4 is 0 Å². The molecule has 0 aromatic rings. The van der Waals surface area contributed by atoms with Crippen LogP contribution in [0.25, 0.3) is 0 Å². The highest BCUT2D eigenvalue weighted by Crippen LogP contribution is 2.34. The molecule has 0 aliphatic heterocycles. The molecule has 0 bridgehead atoms. The first-order chi connectivity index (χ1) is 5.61. The van der Waals surface area contributed by atoms with Crippen molar-refractivity contribution in [3.8, 4) is 0 Å². The summed E-state index contributed by atoms with van der Waals surface area (Å²) in [6, 6.07) is 0. The first kappa shape index (κ1) is 9.75. The molecule has 2 nitrogen and oxygen atoms in total. The van der Waals surface area contributed by atoms with Crippen LogP contribution >= 0.6 is 0 Å². The third-order valence-electron chi connectivity index (χ3n) is 2.37. The third kappa shape index (κ3) is 2.95. The fraction of sp³-hybridized carbons (Fsp3) is 0.800. The van der Waals surface area contributed by atoms with Crippen molar-refractivity contribution in [3.63, 3.8) is 0 Å². The van der Waals surface area contributed by atoms with E-state index in [0.717, 1.165) is 24.8 Å². The summed E-state index contributed by atoms with van der Waals surface area (Å²) in [5.74, 6) is 0.366. The summed E-state index contributed by atoms with van der Waals surface area (Å²) < 4.78 is 0. The molecule has 0 radical (unpaired) electrons. The standard InChI is InChI=1S/C10H18O2/c1-7(2)3-6-9(11)10(12)8-4-5-8/h8-12H,1,3-6H2,2H3. The van der Waals surface area contributed by atoms with E-state index in [1.165, 1.54) is 0 Å². The molecule has 0 aromatic carbocycles. The summed E-state index contributed by atoms with van der Waals surface area (Å²) >= 11 is 0. The molecular weight excluding hydrogens is 152 g/mol. The van der Waals surface area contributed by atoms with Gasteiger partial charge in [0.15, 0.2) is 0 Å². The summed E-state index contributed by atoms with van der Waals surface area (Å²) in [5.41, 5.74) is 1.07. The third-order valence-corrected chi connectivity index (χ3v) is 2.37. The number of hydrogen-bond donors (Lipinski definition) is 2. The van der Waals surface area contributed by atoms with Crippen LogP contribution in [0.1, 0.15) is 32.6 Å². The monoisotopic (exact) mass is 170 g/mol. The van der Waals surface area contributed by atoms with Gasteiger partial charge in [-0.05, 0) is 38.5 Å². The molecule has 0 saturated heterocycles. The van der Waals surface area contributed by atoms with Crippen LogP contribution in [0, 0.1) is 5.92 Å². The van der Waals surface area contributed by atoms with Gasteiger partial charge in [0, 0.05) is 0 Å². The molecule has 2 atom stereocenters. The van der Waals surface area contributed by atoms with Gasteiger partial charge in [-0.1, -0.05) is 5.57 Å². The zero-order valence-corrected chi connectivity index (χ0v) is 7.66. The van der Waals surface area contributed by atoms with Crippen LogP contribution in [-0.4, -0.2) is 22.4 Å². The lowest BCUT2D eigenvalue weighted by molar-refractivity contribution is 0.00191. The normalized spacial score (nSPS) is 21.9. The van der Waals surface area contributed by atoms with Gasteiger partial charge in [0.05, 0.1) is 12.2 Å². The van der Waals surface area contributed by atoms with Crippen molar-refractivity contribution in [1.29, 1.82) is 0 Å². The van der Waals surface area contributed by atoms with E-state index in [2.05, 4.69) is 6.58 Å². The average molecular weight is 170 g/mol. The summed E-state index contributed by atoms with van der Waals surface area (Å²) in [5, 5.41) is 19.0. The van der Waals surface area contributed by atoms with Crippen LogP contribution in [0.2, 0.25) is 0 Å². The van der Waals surface area contributed by atoms with Crippen LogP contribution in [0.4, 0.5) is 0 Å². The SMILES string of the molecule is C=C(C)CCC(O)C(O)C1CC1. The summed E-state index contributed by atoms with van der Waals surface area (Å²) in [7, 11) is 0. The maximum absolute atomic E-state index is 9.49. The Labute approximate surface area is 73.9 Å². The molecule has 0 amide bonds. The zero-order chi connectivity index (χ0) is 9.14. The maximum Gasteiger partial charge on any atom is 0.0827 e. The van der Waals surface area contributed by atoms with Gasteiger partial charge in [0.1, 0.15) is 0 Å². The number of hydrogen-bond acceptors (Lipinski definition) is 2. The summed E-state index contributed by atoms with van der Waals surface area (Å²) in [4.78, 5) is 0. The Hall–Kier alpha value is -0.340. The van der Waals surface area contributed by atoms with E-state index in [4.69, 9.17) is 0 Å². The molecular formula is C10H18O2. The maximum atomic E-state index is 9.49. The van der Waals surface area contributed by atoms with Gasteiger partial charge in [-0.15, -0.1) is 6.58 Å². The molecule has 2 N–H and O–H groups in total. The fourth-order valence-electron chi connectivity index (χ4n) is 1.32.